The van der Waals surface area contributed by atoms with Crippen LogP contribution in [0.2, 0.25) is 0 Å². The van der Waals surface area contributed by atoms with Gasteiger partial charge in [0.25, 0.3) is 5.91 Å². The number of ether oxygens (including phenoxy) is 1. The molecule has 0 bridgehead atoms. The molecule has 1 aromatic carbocycles. The van der Waals surface area contributed by atoms with Crippen LogP contribution in [-0.4, -0.2) is 47.4 Å². The number of amides is 3. The Labute approximate surface area is 228 Å². The van der Waals surface area contributed by atoms with E-state index in [0.717, 1.165) is 45.8 Å². The second kappa shape index (κ2) is 12.3. The van der Waals surface area contributed by atoms with E-state index in [1.165, 1.54) is 6.20 Å². The van der Waals surface area contributed by atoms with Gasteiger partial charge in [0, 0.05) is 17.4 Å². The zero-order valence-corrected chi connectivity index (χ0v) is 21.9. The Hall–Kier alpha value is -3.84. The normalized spacial score (nSPS) is 14.2. The predicted octanol–water partition coefficient (Wildman–Crippen LogP) is 5.36. The second-order valence-electron chi connectivity index (χ2n) is 9.26. The summed E-state index contributed by atoms with van der Waals surface area (Å²) in [7, 11) is 0. The van der Waals surface area contributed by atoms with Crippen molar-refractivity contribution >= 4 is 41.5 Å². The minimum absolute atomic E-state index is 0. The fourth-order valence-corrected chi connectivity index (χ4v) is 3.57. The van der Waals surface area contributed by atoms with Gasteiger partial charge < -0.3 is 25.2 Å². The number of piperidine rings is 1. The van der Waals surface area contributed by atoms with E-state index in [1.54, 1.807) is 36.4 Å². The summed E-state index contributed by atoms with van der Waals surface area (Å²) < 4.78 is 50.1. The number of halogens is 4. The molecule has 3 aromatic rings. The zero-order chi connectivity index (χ0) is 27.3. The van der Waals surface area contributed by atoms with Crippen molar-refractivity contribution in [1.29, 1.82) is 0 Å². The lowest BCUT2D eigenvalue weighted by Gasteiger charge is -2.24. The van der Waals surface area contributed by atoms with Crippen LogP contribution in [0, 0.1) is 0 Å². The molecule has 1 fully saturated rings. The summed E-state index contributed by atoms with van der Waals surface area (Å²) in [5, 5.41) is 14.3. The Morgan fingerprint density at radius 1 is 1.00 bits per heavy atom. The summed E-state index contributed by atoms with van der Waals surface area (Å²) in [5.41, 5.74) is -1.22. The van der Waals surface area contributed by atoms with Gasteiger partial charge in [0.1, 0.15) is 23.0 Å². The van der Waals surface area contributed by atoms with Crippen molar-refractivity contribution < 1.29 is 32.0 Å². The van der Waals surface area contributed by atoms with E-state index in [2.05, 4.69) is 31.4 Å². The first kappa shape index (κ1) is 29.7. The molecule has 10 nitrogen and oxygen atoms in total. The Bertz CT molecular complexity index is 1260. The van der Waals surface area contributed by atoms with Crippen molar-refractivity contribution in [2.45, 2.75) is 44.4 Å². The Morgan fingerprint density at radius 3 is 2.23 bits per heavy atom. The highest BCUT2D eigenvalue weighted by Crippen LogP contribution is 2.41. The molecule has 14 heteroatoms. The van der Waals surface area contributed by atoms with E-state index < -0.39 is 29.3 Å². The number of anilines is 3. The average Bonchev–Trinajstić information content (AvgIpc) is 3.35. The first-order valence-electron chi connectivity index (χ1n) is 11.9. The number of carbonyl (C=O) groups excluding carboxylic acids is 2. The molecule has 210 valence electrons. The molecular weight excluding hydrogens is 541 g/mol. The Kier molecular flexibility index (Phi) is 9.41. The van der Waals surface area contributed by atoms with Crippen LogP contribution in [0.3, 0.4) is 0 Å². The summed E-state index contributed by atoms with van der Waals surface area (Å²) >= 11 is 0. The minimum Gasteiger partial charge on any atom is -0.489 e. The molecule has 1 saturated heterocycles. The minimum atomic E-state index is -4.55. The number of hydrogen-bond acceptors (Lipinski definition) is 7. The number of hydrogen-bond donors (Lipinski definition) is 4. The van der Waals surface area contributed by atoms with Gasteiger partial charge in [-0.15, -0.1) is 12.4 Å². The third kappa shape index (κ3) is 7.60. The highest BCUT2D eigenvalue weighted by molar-refractivity contribution is 6.03. The lowest BCUT2D eigenvalue weighted by Crippen LogP contribution is -2.35. The maximum atomic E-state index is 13.2. The van der Waals surface area contributed by atoms with Crippen LogP contribution >= 0.6 is 12.4 Å². The maximum absolute atomic E-state index is 13.2. The summed E-state index contributed by atoms with van der Waals surface area (Å²) in [6.07, 6.45) is -1.08. The molecule has 2 aromatic heterocycles. The number of alkyl halides is 3. The average molecular weight is 569 g/mol. The van der Waals surface area contributed by atoms with Crippen LogP contribution in [0.5, 0.6) is 5.75 Å². The summed E-state index contributed by atoms with van der Waals surface area (Å²) in [5.74, 6) is -0.411. The molecule has 0 unspecified atom stereocenters. The van der Waals surface area contributed by atoms with Gasteiger partial charge in [0.05, 0.1) is 6.20 Å². The molecular formula is C25H28ClF3N6O4. The molecule has 1 aliphatic heterocycles. The first-order chi connectivity index (χ1) is 18.0. The number of pyridine rings is 1. The standard InChI is InChI=1S/C25H27F3N6O4.ClH/c1-24(2,25(26,27)28)20-13-21(34-38-20)33-23(36)32-16-5-3-15(4-6-16)31-22(35)19-8-7-18(14-30-19)37-17-9-11-29-12-10-17;/h3-8,13-14,17,29H,9-12H2,1-2H3,(H,31,35)(H2,32,33,34,36);1H. The molecule has 0 radical (unpaired) electrons. The topological polar surface area (TPSA) is 130 Å². The monoisotopic (exact) mass is 568 g/mol. The van der Waals surface area contributed by atoms with Gasteiger partial charge in [-0.3, -0.25) is 10.1 Å². The first-order valence-corrected chi connectivity index (χ1v) is 11.9. The van der Waals surface area contributed by atoms with Crippen molar-refractivity contribution in [2.24, 2.45) is 0 Å². The van der Waals surface area contributed by atoms with Gasteiger partial charge in [-0.05, 0) is 76.2 Å². The molecule has 1 aliphatic rings. The van der Waals surface area contributed by atoms with Gasteiger partial charge in [-0.2, -0.15) is 13.2 Å². The Morgan fingerprint density at radius 2 is 1.64 bits per heavy atom. The summed E-state index contributed by atoms with van der Waals surface area (Å²) in [6, 6.07) is 9.80. The van der Waals surface area contributed by atoms with Crippen molar-refractivity contribution in [3.8, 4) is 5.75 Å². The van der Waals surface area contributed by atoms with E-state index in [0.29, 0.717) is 17.1 Å². The van der Waals surface area contributed by atoms with Crippen LogP contribution in [-0.2, 0) is 5.41 Å². The van der Waals surface area contributed by atoms with Crippen molar-refractivity contribution in [1.82, 2.24) is 15.5 Å². The molecule has 4 rings (SSSR count). The lowest BCUT2D eigenvalue weighted by molar-refractivity contribution is -0.185. The fourth-order valence-electron chi connectivity index (χ4n) is 3.57. The third-order valence-corrected chi connectivity index (χ3v) is 6.03. The number of carbonyl (C=O) groups is 2. The van der Waals surface area contributed by atoms with E-state index in [4.69, 9.17) is 9.26 Å². The highest BCUT2D eigenvalue weighted by Gasteiger charge is 2.51. The third-order valence-electron chi connectivity index (χ3n) is 6.03. The van der Waals surface area contributed by atoms with Crippen LogP contribution in [0.25, 0.3) is 0 Å². The molecule has 0 spiro atoms. The molecule has 4 N–H and O–H groups in total. The van der Waals surface area contributed by atoms with E-state index in [9.17, 15) is 22.8 Å². The molecule has 0 aliphatic carbocycles. The fraction of sp³-hybridized carbons (Fsp3) is 0.360. The Balaban J connectivity index is 0.00000420. The molecule has 3 amide bonds. The zero-order valence-electron chi connectivity index (χ0n) is 21.1. The smallest absolute Gasteiger partial charge is 0.401 e. The van der Waals surface area contributed by atoms with Crippen molar-refractivity contribution in [2.75, 3.05) is 29.0 Å². The van der Waals surface area contributed by atoms with Crippen LogP contribution in [0.15, 0.2) is 53.2 Å². The maximum Gasteiger partial charge on any atom is 0.401 e. The SMILES string of the molecule is CC(C)(c1cc(NC(=O)Nc2ccc(NC(=O)c3ccc(OC4CCNCC4)cn3)cc2)no1)C(F)(F)F.Cl. The number of nitrogens with zero attached hydrogens (tertiary/aromatic N) is 2. The number of benzene rings is 1. The largest absolute Gasteiger partial charge is 0.489 e. The quantitative estimate of drug-likeness (QED) is 0.302. The highest BCUT2D eigenvalue weighted by atomic mass is 35.5. The predicted molar refractivity (Wildman–Crippen MR) is 141 cm³/mol. The van der Waals surface area contributed by atoms with Gasteiger partial charge >= 0.3 is 12.2 Å². The van der Waals surface area contributed by atoms with E-state index >= 15 is 0 Å². The lowest BCUT2D eigenvalue weighted by atomic mass is 9.89. The summed E-state index contributed by atoms with van der Waals surface area (Å²) in [4.78, 5) is 28.9. The molecule has 0 atom stereocenters. The van der Waals surface area contributed by atoms with Crippen LogP contribution in [0.4, 0.5) is 35.2 Å². The number of nitrogens with one attached hydrogen (secondary N) is 4. The van der Waals surface area contributed by atoms with E-state index in [1.807, 2.05) is 0 Å². The van der Waals surface area contributed by atoms with Crippen molar-refractivity contribution in [3.63, 3.8) is 0 Å². The van der Waals surface area contributed by atoms with Crippen LogP contribution in [0.1, 0.15) is 42.9 Å². The van der Waals surface area contributed by atoms with E-state index in [-0.39, 0.29) is 30.0 Å². The van der Waals surface area contributed by atoms with Crippen molar-refractivity contribution in [3.05, 3.63) is 60.1 Å². The second-order valence-corrected chi connectivity index (χ2v) is 9.26. The molecule has 0 saturated carbocycles. The number of urea groups is 1. The molecule has 39 heavy (non-hydrogen) atoms. The molecule has 3 heterocycles. The van der Waals surface area contributed by atoms with Gasteiger partial charge in [0.15, 0.2) is 11.6 Å². The van der Waals surface area contributed by atoms with Gasteiger partial charge in [-0.25, -0.2) is 9.78 Å². The van der Waals surface area contributed by atoms with Gasteiger partial charge in [0.2, 0.25) is 0 Å². The summed E-state index contributed by atoms with van der Waals surface area (Å²) in [6.45, 7) is 3.72. The number of aromatic nitrogens is 2. The number of rotatable bonds is 7. The van der Waals surface area contributed by atoms with Gasteiger partial charge in [-0.1, -0.05) is 5.16 Å². The van der Waals surface area contributed by atoms with Crippen LogP contribution < -0.4 is 26.0 Å².